The van der Waals surface area contributed by atoms with E-state index in [9.17, 15) is 0 Å². The molecule has 2 aliphatic rings. The van der Waals surface area contributed by atoms with Gasteiger partial charge in [-0.3, -0.25) is 4.90 Å². The second-order valence-electron chi connectivity index (χ2n) is 5.03. The summed E-state index contributed by atoms with van der Waals surface area (Å²) in [5.41, 5.74) is 0. The summed E-state index contributed by atoms with van der Waals surface area (Å²) in [4.78, 5) is 5.14. The largest absolute Gasteiger partial charge is 0.372 e. The summed E-state index contributed by atoms with van der Waals surface area (Å²) in [6, 6.07) is 0. The number of rotatable bonds is 4. The molecule has 4 heteroatoms. The molecule has 0 radical (unpaired) electrons. The summed E-state index contributed by atoms with van der Waals surface area (Å²) in [6.07, 6.45) is 3.55. The average molecular weight is 291 g/mol. The van der Waals surface area contributed by atoms with E-state index in [2.05, 4.69) is 32.7 Å². The molecular formula is C12H23BrN2O. The van der Waals surface area contributed by atoms with Crippen molar-refractivity contribution in [3.8, 4) is 0 Å². The first kappa shape index (κ1) is 12.8. The van der Waals surface area contributed by atoms with Gasteiger partial charge in [0.2, 0.25) is 0 Å². The molecule has 2 aliphatic heterocycles. The molecule has 0 saturated carbocycles. The molecular weight excluding hydrogens is 268 g/mol. The molecule has 0 aromatic rings. The molecule has 2 unspecified atom stereocenters. The number of morpholine rings is 1. The molecule has 0 spiro atoms. The van der Waals surface area contributed by atoms with Gasteiger partial charge >= 0.3 is 0 Å². The normalized spacial score (nSPS) is 33.4. The van der Waals surface area contributed by atoms with Crippen molar-refractivity contribution in [2.24, 2.45) is 0 Å². The highest BCUT2D eigenvalue weighted by Crippen LogP contribution is 2.13. The van der Waals surface area contributed by atoms with Crippen LogP contribution in [0.15, 0.2) is 0 Å². The summed E-state index contributed by atoms with van der Waals surface area (Å²) in [7, 11) is 0. The Kier molecular flexibility index (Phi) is 5.07. The molecule has 2 saturated heterocycles. The van der Waals surface area contributed by atoms with Gasteiger partial charge in [0.1, 0.15) is 0 Å². The fourth-order valence-corrected chi connectivity index (χ4v) is 3.05. The molecule has 16 heavy (non-hydrogen) atoms. The number of alkyl halides is 1. The summed E-state index contributed by atoms with van der Waals surface area (Å²) in [5.74, 6) is 0. The van der Waals surface area contributed by atoms with Crippen LogP contribution in [-0.4, -0.2) is 66.6 Å². The highest BCUT2D eigenvalue weighted by Gasteiger charge is 2.24. The molecule has 0 N–H and O–H groups in total. The molecule has 2 rings (SSSR count). The lowest BCUT2D eigenvalue weighted by molar-refractivity contribution is -0.0663. The van der Waals surface area contributed by atoms with E-state index in [1.807, 2.05) is 0 Å². The Hall–Kier alpha value is 0.360. The van der Waals surface area contributed by atoms with Crippen LogP contribution in [0, 0.1) is 0 Å². The molecule has 0 aliphatic carbocycles. The zero-order valence-electron chi connectivity index (χ0n) is 10.2. The second-order valence-corrected chi connectivity index (χ2v) is 5.68. The SMILES string of the molecule is CC1CN(CCN2CCCC2)CC(CBr)O1. The van der Waals surface area contributed by atoms with E-state index in [0.29, 0.717) is 12.2 Å². The first-order valence-electron chi connectivity index (χ1n) is 6.44. The number of halogens is 1. The number of ether oxygens (including phenoxy) is 1. The Labute approximate surface area is 107 Å². The van der Waals surface area contributed by atoms with Gasteiger partial charge in [0.05, 0.1) is 12.2 Å². The summed E-state index contributed by atoms with van der Waals surface area (Å²) < 4.78 is 5.84. The average Bonchev–Trinajstić information content (AvgIpc) is 2.78. The van der Waals surface area contributed by atoms with Crippen molar-refractivity contribution in [2.75, 3.05) is 44.6 Å². The number of nitrogens with zero attached hydrogens (tertiary/aromatic N) is 2. The Bertz CT molecular complexity index is 209. The van der Waals surface area contributed by atoms with Gasteiger partial charge < -0.3 is 9.64 Å². The maximum atomic E-state index is 5.84. The van der Waals surface area contributed by atoms with Crippen molar-refractivity contribution in [1.82, 2.24) is 9.80 Å². The first-order chi connectivity index (χ1) is 7.78. The zero-order chi connectivity index (χ0) is 11.4. The molecule has 0 bridgehead atoms. The Morgan fingerprint density at radius 2 is 1.81 bits per heavy atom. The van der Waals surface area contributed by atoms with Crippen LogP contribution in [0.4, 0.5) is 0 Å². The van der Waals surface area contributed by atoms with E-state index in [0.717, 1.165) is 18.4 Å². The van der Waals surface area contributed by atoms with Crippen LogP contribution in [0.5, 0.6) is 0 Å². The number of hydrogen-bond acceptors (Lipinski definition) is 3. The van der Waals surface area contributed by atoms with E-state index in [1.165, 1.54) is 39.0 Å². The van der Waals surface area contributed by atoms with Gasteiger partial charge in [0.15, 0.2) is 0 Å². The third-order valence-corrected chi connectivity index (χ3v) is 4.23. The van der Waals surface area contributed by atoms with E-state index in [4.69, 9.17) is 4.74 Å². The van der Waals surface area contributed by atoms with E-state index >= 15 is 0 Å². The Morgan fingerprint density at radius 3 is 2.50 bits per heavy atom. The van der Waals surface area contributed by atoms with Crippen molar-refractivity contribution >= 4 is 15.9 Å². The molecule has 3 nitrogen and oxygen atoms in total. The van der Waals surface area contributed by atoms with Crippen LogP contribution >= 0.6 is 15.9 Å². The molecule has 2 fully saturated rings. The maximum absolute atomic E-state index is 5.84. The lowest BCUT2D eigenvalue weighted by Crippen LogP contribution is -2.49. The fraction of sp³-hybridized carbons (Fsp3) is 1.00. The first-order valence-corrected chi connectivity index (χ1v) is 7.56. The van der Waals surface area contributed by atoms with Gasteiger partial charge in [-0.05, 0) is 32.9 Å². The molecule has 94 valence electrons. The summed E-state index contributed by atoms with van der Waals surface area (Å²) >= 11 is 3.52. The third kappa shape index (κ3) is 3.69. The van der Waals surface area contributed by atoms with Crippen LogP contribution in [-0.2, 0) is 4.74 Å². The molecule has 0 amide bonds. The number of hydrogen-bond donors (Lipinski definition) is 0. The minimum absolute atomic E-state index is 0.377. The number of likely N-dealkylation sites (tertiary alicyclic amines) is 1. The van der Waals surface area contributed by atoms with Crippen LogP contribution in [0.25, 0.3) is 0 Å². The smallest absolute Gasteiger partial charge is 0.0802 e. The van der Waals surface area contributed by atoms with E-state index in [1.54, 1.807) is 0 Å². The minimum Gasteiger partial charge on any atom is -0.372 e. The highest BCUT2D eigenvalue weighted by atomic mass is 79.9. The summed E-state index contributed by atoms with van der Waals surface area (Å²) in [6.45, 7) is 9.42. The minimum atomic E-state index is 0.377. The highest BCUT2D eigenvalue weighted by molar-refractivity contribution is 9.09. The Morgan fingerprint density at radius 1 is 1.12 bits per heavy atom. The van der Waals surface area contributed by atoms with Gasteiger partial charge in [-0.2, -0.15) is 0 Å². The standard InChI is InChI=1S/C12H23BrN2O/c1-11-9-15(10-12(8-13)16-11)7-6-14-4-2-3-5-14/h11-12H,2-10H2,1H3. The van der Waals surface area contributed by atoms with Crippen molar-refractivity contribution in [3.05, 3.63) is 0 Å². The molecule has 2 atom stereocenters. The van der Waals surface area contributed by atoms with Gasteiger partial charge in [-0.25, -0.2) is 0 Å². The predicted molar refractivity (Wildman–Crippen MR) is 70.2 cm³/mol. The quantitative estimate of drug-likeness (QED) is 0.731. The predicted octanol–water partition coefficient (Wildman–Crippen LogP) is 1.57. The summed E-state index contributed by atoms with van der Waals surface area (Å²) in [5, 5.41) is 0.956. The van der Waals surface area contributed by atoms with Crippen LogP contribution in [0.1, 0.15) is 19.8 Å². The van der Waals surface area contributed by atoms with Crippen LogP contribution in [0.3, 0.4) is 0 Å². The topological polar surface area (TPSA) is 15.7 Å². The van der Waals surface area contributed by atoms with Crippen molar-refractivity contribution in [2.45, 2.75) is 32.0 Å². The van der Waals surface area contributed by atoms with Gasteiger partial charge in [0, 0.05) is 31.5 Å². The monoisotopic (exact) mass is 290 g/mol. The van der Waals surface area contributed by atoms with Gasteiger partial charge in [-0.1, -0.05) is 15.9 Å². The van der Waals surface area contributed by atoms with E-state index < -0.39 is 0 Å². The third-order valence-electron chi connectivity index (χ3n) is 3.51. The fourth-order valence-electron chi connectivity index (χ4n) is 2.70. The lowest BCUT2D eigenvalue weighted by atomic mass is 10.2. The molecule has 0 aromatic carbocycles. The zero-order valence-corrected chi connectivity index (χ0v) is 11.8. The van der Waals surface area contributed by atoms with Crippen molar-refractivity contribution < 1.29 is 4.74 Å². The molecule has 0 aromatic heterocycles. The van der Waals surface area contributed by atoms with Gasteiger partial charge in [-0.15, -0.1) is 0 Å². The molecule has 2 heterocycles. The van der Waals surface area contributed by atoms with Crippen LogP contribution < -0.4 is 0 Å². The van der Waals surface area contributed by atoms with Crippen LogP contribution in [0.2, 0.25) is 0 Å². The van der Waals surface area contributed by atoms with Gasteiger partial charge in [0.25, 0.3) is 0 Å². The van der Waals surface area contributed by atoms with Crippen molar-refractivity contribution in [1.29, 1.82) is 0 Å². The second kappa shape index (κ2) is 6.34. The Balaban J connectivity index is 1.71. The lowest BCUT2D eigenvalue weighted by Gasteiger charge is -2.36. The maximum Gasteiger partial charge on any atom is 0.0802 e. The van der Waals surface area contributed by atoms with E-state index in [-0.39, 0.29) is 0 Å². The van der Waals surface area contributed by atoms with Crippen molar-refractivity contribution in [3.63, 3.8) is 0 Å².